The van der Waals surface area contributed by atoms with Crippen molar-refractivity contribution in [2.45, 2.75) is 51.6 Å². The normalized spacial score (nSPS) is 17.5. The summed E-state index contributed by atoms with van der Waals surface area (Å²) < 4.78 is 24.5. The highest BCUT2D eigenvalue weighted by molar-refractivity contribution is 4.86. The van der Waals surface area contributed by atoms with Gasteiger partial charge in [-0.05, 0) is 40.3 Å². The Morgan fingerprint density at radius 1 is 1.41 bits per heavy atom. The second-order valence-electron chi connectivity index (χ2n) is 5.03. The highest BCUT2D eigenvalue weighted by atomic mass is 19.3. The van der Waals surface area contributed by atoms with Crippen LogP contribution in [-0.4, -0.2) is 54.8 Å². The number of aliphatic hydroxyl groups is 1. The Morgan fingerprint density at radius 3 is 2.41 bits per heavy atom. The van der Waals surface area contributed by atoms with Crippen LogP contribution in [0.4, 0.5) is 8.78 Å². The fourth-order valence-electron chi connectivity index (χ4n) is 1.82. The van der Waals surface area contributed by atoms with Gasteiger partial charge in [0.15, 0.2) is 0 Å². The Hall–Kier alpha value is -0.260. The minimum absolute atomic E-state index is 0.00510. The monoisotopic (exact) mass is 252 g/mol. The molecule has 0 aliphatic rings. The highest BCUT2D eigenvalue weighted by Gasteiger charge is 2.27. The van der Waals surface area contributed by atoms with Crippen molar-refractivity contribution in [3.8, 4) is 0 Å². The van der Waals surface area contributed by atoms with Gasteiger partial charge >= 0.3 is 0 Å². The summed E-state index contributed by atoms with van der Waals surface area (Å²) in [5.74, 6) is 0. The van der Waals surface area contributed by atoms with Gasteiger partial charge in [0.2, 0.25) is 0 Å². The van der Waals surface area contributed by atoms with E-state index in [0.717, 1.165) is 13.0 Å². The number of halogens is 2. The molecule has 2 N–H and O–H groups in total. The van der Waals surface area contributed by atoms with Crippen molar-refractivity contribution < 1.29 is 13.9 Å². The van der Waals surface area contributed by atoms with Gasteiger partial charge in [-0.2, -0.15) is 0 Å². The van der Waals surface area contributed by atoms with Crippen LogP contribution in [0.5, 0.6) is 0 Å². The first kappa shape index (κ1) is 16.7. The Bertz CT molecular complexity index is 205. The van der Waals surface area contributed by atoms with E-state index in [1.807, 2.05) is 13.8 Å². The van der Waals surface area contributed by atoms with Gasteiger partial charge in [0.1, 0.15) is 0 Å². The van der Waals surface area contributed by atoms with Gasteiger partial charge in [0.25, 0.3) is 6.43 Å². The first-order chi connectivity index (χ1) is 7.84. The third-order valence-corrected chi connectivity index (χ3v) is 3.08. The standard InChI is InChI=1S/C12H26F2N2O/c1-5-6-15-12(3,9-17)7-10(2)16(4)8-11(13)14/h10-11,15,17H,5-9H2,1-4H3. The van der Waals surface area contributed by atoms with Gasteiger partial charge in [-0.25, -0.2) is 8.78 Å². The van der Waals surface area contributed by atoms with Gasteiger partial charge in [0.05, 0.1) is 13.2 Å². The molecule has 0 spiro atoms. The van der Waals surface area contributed by atoms with Crippen molar-refractivity contribution in [3.63, 3.8) is 0 Å². The molecule has 0 radical (unpaired) electrons. The summed E-state index contributed by atoms with van der Waals surface area (Å²) in [6.07, 6.45) is -0.685. The molecule has 2 unspecified atom stereocenters. The van der Waals surface area contributed by atoms with E-state index in [9.17, 15) is 13.9 Å². The average Bonchev–Trinajstić information content (AvgIpc) is 2.25. The van der Waals surface area contributed by atoms with Crippen LogP contribution in [0.3, 0.4) is 0 Å². The first-order valence-corrected chi connectivity index (χ1v) is 6.19. The van der Waals surface area contributed by atoms with Crippen LogP contribution >= 0.6 is 0 Å². The lowest BCUT2D eigenvalue weighted by Crippen LogP contribution is -2.50. The van der Waals surface area contributed by atoms with Crippen LogP contribution in [0.25, 0.3) is 0 Å². The number of nitrogens with zero attached hydrogens (tertiary/aromatic N) is 1. The minimum atomic E-state index is -2.31. The molecule has 5 heteroatoms. The summed E-state index contributed by atoms with van der Waals surface area (Å²) in [5, 5.41) is 12.7. The van der Waals surface area contributed by atoms with E-state index in [2.05, 4.69) is 12.2 Å². The number of hydrogen-bond donors (Lipinski definition) is 2. The van der Waals surface area contributed by atoms with Gasteiger partial charge in [0, 0.05) is 11.6 Å². The molecule has 0 aliphatic carbocycles. The molecule has 0 saturated heterocycles. The van der Waals surface area contributed by atoms with Crippen LogP contribution in [0.15, 0.2) is 0 Å². The van der Waals surface area contributed by atoms with Crippen LogP contribution in [-0.2, 0) is 0 Å². The molecule has 3 nitrogen and oxygen atoms in total. The summed E-state index contributed by atoms with van der Waals surface area (Å²) in [5.41, 5.74) is -0.397. The van der Waals surface area contributed by atoms with Crippen molar-refractivity contribution in [2.24, 2.45) is 0 Å². The Morgan fingerprint density at radius 2 is 2.00 bits per heavy atom. The first-order valence-electron chi connectivity index (χ1n) is 6.19. The maximum atomic E-state index is 12.3. The predicted octanol–water partition coefficient (Wildman–Crippen LogP) is 1.71. The quantitative estimate of drug-likeness (QED) is 0.656. The number of nitrogens with one attached hydrogen (secondary N) is 1. The molecule has 0 aliphatic heterocycles. The largest absolute Gasteiger partial charge is 0.394 e. The van der Waals surface area contributed by atoms with Gasteiger partial charge < -0.3 is 10.4 Å². The summed E-state index contributed by atoms with van der Waals surface area (Å²) in [6, 6.07) is 0.00510. The van der Waals surface area contributed by atoms with Gasteiger partial charge in [-0.15, -0.1) is 0 Å². The average molecular weight is 252 g/mol. The van der Waals surface area contributed by atoms with Crippen LogP contribution in [0.2, 0.25) is 0 Å². The molecule has 2 atom stereocenters. The second-order valence-corrected chi connectivity index (χ2v) is 5.03. The van der Waals surface area contributed by atoms with Gasteiger partial charge in [-0.3, -0.25) is 4.90 Å². The second kappa shape index (κ2) is 7.95. The molecular formula is C12H26F2N2O. The molecule has 0 aromatic carbocycles. The number of hydrogen-bond acceptors (Lipinski definition) is 3. The van der Waals surface area contributed by atoms with E-state index in [0.29, 0.717) is 6.42 Å². The lowest BCUT2D eigenvalue weighted by atomic mass is 9.93. The van der Waals surface area contributed by atoms with E-state index in [1.54, 1.807) is 11.9 Å². The molecule has 104 valence electrons. The van der Waals surface area contributed by atoms with E-state index in [-0.39, 0.29) is 19.2 Å². The van der Waals surface area contributed by atoms with Gasteiger partial charge in [-0.1, -0.05) is 6.92 Å². The minimum Gasteiger partial charge on any atom is -0.394 e. The fourth-order valence-corrected chi connectivity index (χ4v) is 1.82. The van der Waals surface area contributed by atoms with E-state index in [1.165, 1.54) is 0 Å². The van der Waals surface area contributed by atoms with Crippen molar-refractivity contribution in [1.29, 1.82) is 0 Å². The van der Waals surface area contributed by atoms with E-state index in [4.69, 9.17) is 0 Å². The maximum absolute atomic E-state index is 12.3. The topological polar surface area (TPSA) is 35.5 Å². The molecule has 0 aromatic rings. The molecule has 0 heterocycles. The van der Waals surface area contributed by atoms with Crippen molar-refractivity contribution in [3.05, 3.63) is 0 Å². The van der Waals surface area contributed by atoms with Crippen molar-refractivity contribution in [1.82, 2.24) is 10.2 Å². The fraction of sp³-hybridized carbons (Fsp3) is 1.00. The third kappa shape index (κ3) is 6.91. The number of alkyl halides is 2. The Labute approximate surface area is 103 Å². The van der Waals surface area contributed by atoms with Crippen LogP contribution in [0, 0.1) is 0 Å². The Kier molecular flexibility index (Phi) is 7.83. The molecule has 0 aromatic heterocycles. The number of aliphatic hydroxyl groups excluding tert-OH is 1. The SMILES string of the molecule is CCCNC(C)(CO)CC(C)N(C)CC(F)F. The summed E-state index contributed by atoms with van der Waals surface area (Å²) in [7, 11) is 1.69. The molecule has 17 heavy (non-hydrogen) atoms. The van der Waals surface area contributed by atoms with Crippen molar-refractivity contribution >= 4 is 0 Å². The zero-order valence-corrected chi connectivity index (χ0v) is 11.3. The summed E-state index contributed by atoms with van der Waals surface area (Å²) in [4.78, 5) is 1.63. The van der Waals surface area contributed by atoms with E-state index < -0.39 is 12.0 Å². The van der Waals surface area contributed by atoms with Crippen LogP contribution in [0.1, 0.15) is 33.6 Å². The number of rotatable bonds is 9. The summed E-state index contributed by atoms with van der Waals surface area (Å²) in [6.45, 7) is 6.50. The van der Waals surface area contributed by atoms with Crippen LogP contribution < -0.4 is 5.32 Å². The van der Waals surface area contributed by atoms with E-state index >= 15 is 0 Å². The Balaban J connectivity index is 4.25. The molecule has 0 rings (SSSR count). The molecular weight excluding hydrogens is 226 g/mol. The van der Waals surface area contributed by atoms with Crippen molar-refractivity contribution in [2.75, 3.05) is 26.7 Å². The lowest BCUT2D eigenvalue weighted by Gasteiger charge is -2.35. The highest BCUT2D eigenvalue weighted by Crippen LogP contribution is 2.16. The smallest absolute Gasteiger partial charge is 0.251 e. The zero-order valence-electron chi connectivity index (χ0n) is 11.3. The summed E-state index contributed by atoms with van der Waals surface area (Å²) >= 11 is 0. The lowest BCUT2D eigenvalue weighted by molar-refractivity contribution is 0.0666. The molecule has 0 saturated carbocycles. The molecule has 0 amide bonds. The molecule has 0 bridgehead atoms. The maximum Gasteiger partial charge on any atom is 0.251 e. The molecule has 0 fully saturated rings. The third-order valence-electron chi connectivity index (χ3n) is 3.08. The predicted molar refractivity (Wildman–Crippen MR) is 66.5 cm³/mol. The zero-order chi connectivity index (χ0) is 13.5.